The predicted octanol–water partition coefficient (Wildman–Crippen LogP) is 6.59. The lowest BCUT2D eigenvalue weighted by Gasteiger charge is -2.13. The molecule has 0 unspecified atom stereocenters. The molecule has 0 fully saturated rings. The summed E-state index contributed by atoms with van der Waals surface area (Å²) in [5.41, 5.74) is 5.64. The van der Waals surface area contributed by atoms with Crippen molar-refractivity contribution in [3.8, 4) is 39.5 Å². The van der Waals surface area contributed by atoms with E-state index in [-0.39, 0.29) is 5.56 Å². The van der Waals surface area contributed by atoms with Gasteiger partial charge in [-0.05, 0) is 46.2 Å². The average Bonchev–Trinajstić information content (AvgIpc) is 3.47. The SMILES string of the molecule is C=c1[nH]n(-c2ccccc2)c(=O)/c1=C\c1c2oc(-c3ccccc3)cc(-c3ccccc3)c-2c2ccccc12. The number of aromatic nitrogens is 2. The standard InChI is InChI=1S/C35H24N2O2/c1-23-29(35(38)37(36-23)26-17-9-4-10-18-26)21-31-27-19-11-12-20-28(27)33-30(24-13-5-2-6-14-24)22-32(39-34(31)33)25-15-7-3-8-16-25/h2-22,36H,1H2/b29-21-. The molecule has 186 valence electrons. The minimum Gasteiger partial charge on any atom is -0.455 e. The van der Waals surface area contributed by atoms with Gasteiger partial charge in [0.2, 0.25) is 0 Å². The van der Waals surface area contributed by atoms with Gasteiger partial charge in [-0.15, -0.1) is 0 Å². The first kappa shape index (κ1) is 22.8. The first-order valence-corrected chi connectivity index (χ1v) is 12.9. The van der Waals surface area contributed by atoms with E-state index in [2.05, 4.69) is 42.0 Å². The molecular formula is C35H24N2O2. The third-order valence-corrected chi connectivity index (χ3v) is 7.17. The fourth-order valence-corrected chi connectivity index (χ4v) is 5.31. The van der Waals surface area contributed by atoms with Crippen LogP contribution in [-0.2, 0) is 0 Å². The van der Waals surface area contributed by atoms with Crippen LogP contribution in [-0.4, -0.2) is 9.78 Å². The molecule has 0 saturated carbocycles. The van der Waals surface area contributed by atoms with Crippen molar-refractivity contribution in [2.45, 2.75) is 0 Å². The van der Waals surface area contributed by atoms with Crippen molar-refractivity contribution in [2.75, 3.05) is 0 Å². The highest BCUT2D eigenvalue weighted by atomic mass is 16.3. The van der Waals surface area contributed by atoms with Crippen LogP contribution in [0.25, 0.3) is 62.9 Å². The summed E-state index contributed by atoms with van der Waals surface area (Å²) in [7, 11) is 0. The molecule has 0 bridgehead atoms. The third-order valence-electron chi connectivity index (χ3n) is 7.17. The van der Waals surface area contributed by atoms with Crippen molar-refractivity contribution in [3.63, 3.8) is 0 Å². The van der Waals surface area contributed by atoms with Gasteiger partial charge in [-0.25, -0.2) is 4.68 Å². The van der Waals surface area contributed by atoms with E-state index in [1.807, 2.05) is 97.1 Å². The summed E-state index contributed by atoms with van der Waals surface area (Å²) in [5.74, 6) is 1.50. The summed E-state index contributed by atoms with van der Waals surface area (Å²) in [6, 6.07) is 40.3. The van der Waals surface area contributed by atoms with Crippen LogP contribution in [0.4, 0.5) is 0 Å². The Hall–Kier alpha value is -5.35. The van der Waals surface area contributed by atoms with Gasteiger partial charge in [0.15, 0.2) is 0 Å². The molecule has 1 aliphatic carbocycles. The van der Waals surface area contributed by atoms with Gasteiger partial charge in [-0.3, -0.25) is 9.89 Å². The Labute approximate surface area is 224 Å². The van der Waals surface area contributed by atoms with Crippen LogP contribution in [0, 0.1) is 0 Å². The zero-order chi connectivity index (χ0) is 26.3. The van der Waals surface area contributed by atoms with Crippen LogP contribution in [0.15, 0.2) is 131 Å². The van der Waals surface area contributed by atoms with Gasteiger partial charge in [-0.2, -0.15) is 0 Å². The molecule has 2 heterocycles. The van der Waals surface area contributed by atoms with E-state index < -0.39 is 0 Å². The molecule has 4 nitrogen and oxygen atoms in total. The number of H-pyrrole nitrogens is 1. The molecule has 4 heteroatoms. The van der Waals surface area contributed by atoms with Crippen LogP contribution in [0.2, 0.25) is 0 Å². The van der Waals surface area contributed by atoms with Crippen molar-refractivity contribution < 1.29 is 4.42 Å². The predicted molar refractivity (Wildman–Crippen MR) is 158 cm³/mol. The number of benzene rings is 4. The summed E-state index contributed by atoms with van der Waals surface area (Å²) < 4.78 is 8.23. The molecule has 0 atom stereocenters. The zero-order valence-electron chi connectivity index (χ0n) is 21.1. The minimum atomic E-state index is -0.160. The van der Waals surface area contributed by atoms with E-state index in [1.165, 1.54) is 4.68 Å². The molecule has 4 aromatic carbocycles. The van der Waals surface area contributed by atoms with E-state index in [4.69, 9.17) is 4.42 Å². The lowest BCUT2D eigenvalue weighted by molar-refractivity contribution is 0.583. The summed E-state index contributed by atoms with van der Waals surface area (Å²) >= 11 is 0. The highest BCUT2D eigenvalue weighted by Gasteiger charge is 2.25. The fourth-order valence-electron chi connectivity index (χ4n) is 5.31. The van der Waals surface area contributed by atoms with E-state index in [1.54, 1.807) is 0 Å². The van der Waals surface area contributed by atoms with Gasteiger partial charge >= 0.3 is 0 Å². The minimum absolute atomic E-state index is 0.160. The number of nitrogens with one attached hydrogen (secondary N) is 1. The number of hydrogen-bond donors (Lipinski definition) is 1. The molecule has 0 spiro atoms. The third kappa shape index (κ3) is 3.82. The van der Waals surface area contributed by atoms with Gasteiger partial charge < -0.3 is 4.42 Å². The molecule has 1 aliphatic heterocycles. The summed E-state index contributed by atoms with van der Waals surface area (Å²) in [5, 5.41) is 6.28. The first-order chi connectivity index (χ1) is 19.2. The van der Waals surface area contributed by atoms with Gasteiger partial charge in [0.05, 0.1) is 16.3 Å². The second kappa shape index (κ2) is 9.19. The Bertz CT molecular complexity index is 2080. The molecule has 5 aromatic rings. The second-order valence-corrected chi connectivity index (χ2v) is 9.54. The van der Waals surface area contributed by atoms with Crippen LogP contribution in [0.1, 0.15) is 5.56 Å². The summed E-state index contributed by atoms with van der Waals surface area (Å²) in [4.78, 5) is 13.6. The van der Waals surface area contributed by atoms with Gasteiger partial charge in [-0.1, -0.05) is 110 Å². The molecule has 2 aliphatic rings. The Balaban J connectivity index is 1.58. The monoisotopic (exact) mass is 504 g/mol. The maximum absolute atomic E-state index is 13.6. The second-order valence-electron chi connectivity index (χ2n) is 9.54. The van der Waals surface area contributed by atoms with Gasteiger partial charge in [0.25, 0.3) is 5.56 Å². The Kier molecular flexibility index (Phi) is 5.38. The van der Waals surface area contributed by atoms with E-state index in [0.717, 1.165) is 55.8 Å². The maximum atomic E-state index is 13.6. The van der Waals surface area contributed by atoms with Crippen molar-refractivity contribution in [1.29, 1.82) is 0 Å². The van der Waals surface area contributed by atoms with Crippen LogP contribution in [0.5, 0.6) is 0 Å². The molecular weight excluding hydrogens is 480 g/mol. The summed E-state index contributed by atoms with van der Waals surface area (Å²) in [6.07, 6.45) is 1.91. The molecule has 0 saturated heterocycles. The van der Waals surface area contributed by atoms with E-state index in [0.29, 0.717) is 10.6 Å². The molecule has 39 heavy (non-hydrogen) atoms. The molecule has 0 radical (unpaired) electrons. The number of aromatic amines is 1. The Morgan fingerprint density at radius 3 is 2.00 bits per heavy atom. The Morgan fingerprint density at radius 2 is 1.31 bits per heavy atom. The first-order valence-electron chi connectivity index (χ1n) is 12.9. The smallest absolute Gasteiger partial charge is 0.279 e. The topological polar surface area (TPSA) is 50.9 Å². The maximum Gasteiger partial charge on any atom is 0.279 e. The Morgan fingerprint density at radius 1 is 0.718 bits per heavy atom. The molecule has 0 amide bonds. The zero-order valence-corrected chi connectivity index (χ0v) is 21.1. The quantitative estimate of drug-likeness (QED) is 0.294. The fraction of sp³-hybridized carbons (Fsp3) is 0. The van der Waals surface area contributed by atoms with Crippen LogP contribution < -0.4 is 16.1 Å². The van der Waals surface area contributed by atoms with E-state index in [9.17, 15) is 4.79 Å². The van der Waals surface area contributed by atoms with Crippen molar-refractivity contribution in [3.05, 3.63) is 148 Å². The number of nitrogens with zero attached hydrogens (tertiary/aromatic N) is 1. The number of para-hydroxylation sites is 1. The normalized spacial score (nSPS) is 11.9. The van der Waals surface area contributed by atoms with Crippen molar-refractivity contribution >= 4 is 23.4 Å². The van der Waals surface area contributed by atoms with Crippen molar-refractivity contribution in [1.82, 2.24) is 9.78 Å². The summed E-state index contributed by atoms with van der Waals surface area (Å²) in [6.45, 7) is 4.16. The van der Waals surface area contributed by atoms with Gasteiger partial charge in [0, 0.05) is 16.7 Å². The lowest BCUT2D eigenvalue weighted by atomic mass is 9.96. The van der Waals surface area contributed by atoms with Gasteiger partial charge in [0.1, 0.15) is 11.5 Å². The highest BCUT2D eigenvalue weighted by molar-refractivity contribution is 6.12. The molecule has 1 N–H and O–H groups in total. The highest BCUT2D eigenvalue weighted by Crippen LogP contribution is 2.47. The van der Waals surface area contributed by atoms with Crippen LogP contribution >= 0.6 is 0 Å². The number of rotatable bonds is 4. The lowest BCUT2D eigenvalue weighted by Crippen LogP contribution is -2.33. The largest absolute Gasteiger partial charge is 0.455 e. The molecule has 7 rings (SSSR count). The number of hydrogen-bond acceptors (Lipinski definition) is 2. The van der Waals surface area contributed by atoms with Crippen molar-refractivity contribution in [2.24, 2.45) is 0 Å². The number of fused-ring (bicyclic) bond motifs is 3. The molecule has 1 aromatic heterocycles. The average molecular weight is 505 g/mol. The van der Waals surface area contributed by atoms with E-state index >= 15 is 0 Å². The van der Waals surface area contributed by atoms with Crippen LogP contribution in [0.3, 0.4) is 0 Å².